The first-order valence-corrected chi connectivity index (χ1v) is 6.17. The second-order valence-corrected chi connectivity index (χ2v) is 4.36. The zero-order valence-corrected chi connectivity index (χ0v) is 11.4. The van der Waals surface area contributed by atoms with Crippen molar-refractivity contribution in [3.8, 4) is 0 Å². The van der Waals surface area contributed by atoms with Gasteiger partial charge in [0.15, 0.2) is 0 Å². The Kier molecular flexibility index (Phi) is 6.28. The van der Waals surface area contributed by atoms with Gasteiger partial charge in [-0.2, -0.15) is 0 Å². The maximum absolute atomic E-state index is 11.7. The third-order valence-electron chi connectivity index (χ3n) is 2.77. The topological polar surface area (TPSA) is 119 Å². The molecule has 0 saturated heterocycles. The lowest BCUT2D eigenvalue weighted by molar-refractivity contribution is -0.384. The molecule has 8 nitrogen and oxygen atoms in total. The fraction of sp³-hybridized carbons (Fsp3) is 0.385. The normalized spacial score (nSPS) is 11.7. The average molecular weight is 296 g/mol. The molecule has 0 heterocycles. The number of non-ortho nitro benzene ring substituents is 1. The quantitative estimate of drug-likeness (QED) is 0.539. The molecule has 0 aromatic heterocycles. The summed E-state index contributed by atoms with van der Waals surface area (Å²) in [6.45, 7) is 0.0919. The Morgan fingerprint density at radius 3 is 2.48 bits per heavy atom. The Bertz CT molecular complexity index is 514. The summed E-state index contributed by atoms with van der Waals surface area (Å²) in [4.78, 5) is 32.2. The van der Waals surface area contributed by atoms with Gasteiger partial charge in [0.2, 0.25) is 5.91 Å². The maximum Gasteiger partial charge on any atom is 0.306 e. The van der Waals surface area contributed by atoms with Crippen molar-refractivity contribution >= 4 is 17.6 Å². The monoisotopic (exact) mass is 296 g/mol. The van der Waals surface area contributed by atoms with Crippen molar-refractivity contribution in [1.29, 1.82) is 0 Å². The van der Waals surface area contributed by atoms with E-state index in [-0.39, 0.29) is 31.0 Å². The van der Waals surface area contributed by atoms with Crippen molar-refractivity contribution in [2.24, 2.45) is 0 Å². The predicted octanol–water partition coefficient (Wildman–Crippen LogP) is 0.743. The van der Waals surface area contributed by atoms with Gasteiger partial charge in [-0.1, -0.05) is 12.1 Å². The molecule has 0 bridgehead atoms. The van der Waals surface area contributed by atoms with E-state index in [4.69, 9.17) is 9.84 Å². The Balaban J connectivity index is 2.46. The van der Waals surface area contributed by atoms with Crippen LogP contribution in [0.4, 0.5) is 5.69 Å². The molecular formula is C13H16N2O6. The molecule has 0 aliphatic carbocycles. The summed E-state index contributed by atoms with van der Waals surface area (Å²) in [7, 11) is 1.37. The molecule has 114 valence electrons. The summed E-state index contributed by atoms with van der Waals surface area (Å²) in [5, 5.41) is 21.7. The minimum atomic E-state index is -1.01. The molecule has 21 heavy (non-hydrogen) atoms. The average Bonchev–Trinajstić information content (AvgIpc) is 2.43. The molecule has 1 aromatic rings. The Hall–Kier alpha value is -2.48. The summed E-state index contributed by atoms with van der Waals surface area (Å²) in [5.41, 5.74) is 0.588. The van der Waals surface area contributed by atoms with Crippen molar-refractivity contribution in [3.63, 3.8) is 0 Å². The number of benzene rings is 1. The van der Waals surface area contributed by atoms with Crippen LogP contribution < -0.4 is 5.32 Å². The van der Waals surface area contributed by atoms with Crippen LogP contribution in [0, 0.1) is 10.1 Å². The second kappa shape index (κ2) is 7.95. The minimum absolute atomic E-state index is 0.0416. The van der Waals surface area contributed by atoms with Crippen molar-refractivity contribution < 1.29 is 24.4 Å². The van der Waals surface area contributed by atoms with E-state index in [2.05, 4.69) is 5.32 Å². The Morgan fingerprint density at radius 1 is 1.38 bits per heavy atom. The number of carboxylic acids is 1. The van der Waals surface area contributed by atoms with Gasteiger partial charge in [-0.25, -0.2) is 0 Å². The maximum atomic E-state index is 11.7. The van der Waals surface area contributed by atoms with E-state index >= 15 is 0 Å². The number of carbonyl (C=O) groups excluding carboxylic acids is 1. The Morgan fingerprint density at radius 2 is 2.00 bits per heavy atom. The fourth-order valence-corrected chi connectivity index (χ4v) is 1.64. The van der Waals surface area contributed by atoms with Crippen LogP contribution in [-0.4, -0.2) is 41.7 Å². The molecule has 1 unspecified atom stereocenters. The number of rotatable bonds is 8. The largest absolute Gasteiger partial charge is 0.481 e. The molecular weight excluding hydrogens is 280 g/mol. The first-order valence-electron chi connectivity index (χ1n) is 6.17. The third kappa shape index (κ3) is 6.00. The van der Waals surface area contributed by atoms with E-state index in [1.807, 2.05) is 0 Å². The second-order valence-electron chi connectivity index (χ2n) is 4.36. The lowest BCUT2D eigenvalue weighted by atomic mass is 10.1. The number of nitro benzene ring substituents is 1. The van der Waals surface area contributed by atoms with Gasteiger partial charge in [0.1, 0.15) is 0 Å². The number of methoxy groups -OCH3 is 1. The van der Waals surface area contributed by atoms with E-state index < -0.39 is 17.0 Å². The number of nitro groups is 1. The van der Waals surface area contributed by atoms with Crippen molar-refractivity contribution in [3.05, 3.63) is 39.9 Å². The number of hydrogen-bond acceptors (Lipinski definition) is 5. The summed E-state index contributed by atoms with van der Waals surface area (Å²) in [5.74, 6) is -1.32. The lowest BCUT2D eigenvalue weighted by Crippen LogP contribution is -2.35. The van der Waals surface area contributed by atoms with Crippen molar-refractivity contribution in [2.75, 3.05) is 13.7 Å². The number of nitrogens with one attached hydrogen (secondary N) is 1. The van der Waals surface area contributed by atoms with Gasteiger partial charge in [-0.05, 0) is 5.56 Å². The molecule has 0 saturated carbocycles. The van der Waals surface area contributed by atoms with E-state index in [9.17, 15) is 19.7 Å². The van der Waals surface area contributed by atoms with Gasteiger partial charge in [0.25, 0.3) is 5.69 Å². The highest BCUT2D eigenvalue weighted by molar-refractivity contribution is 5.78. The number of ether oxygens (including phenoxy) is 1. The molecule has 0 aliphatic rings. The van der Waals surface area contributed by atoms with Crippen LogP contribution in [0.3, 0.4) is 0 Å². The van der Waals surface area contributed by atoms with Crippen LogP contribution in [0.5, 0.6) is 0 Å². The molecule has 1 rings (SSSR count). The van der Waals surface area contributed by atoms with Crippen LogP contribution in [0.1, 0.15) is 12.0 Å². The van der Waals surface area contributed by atoms with Gasteiger partial charge < -0.3 is 15.2 Å². The van der Waals surface area contributed by atoms with Crippen LogP contribution in [0.2, 0.25) is 0 Å². The highest BCUT2D eigenvalue weighted by atomic mass is 16.6. The smallest absolute Gasteiger partial charge is 0.306 e. The van der Waals surface area contributed by atoms with Gasteiger partial charge in [-0.3, -0.25) is 19.7 Å². The molecule has 8 heteroatoms. The van der Waals surface area contributed by atoms with Crippen molar-refractivity contribution in [2.45, 2.75) is 18.9 Å². The van der Waals surface area contributed by atoms with Crippen LogP contribution in [-0.2, 0) is 20.7 Å². The molecule has 0 fully saturated rings. The number of carbonyl (C=O) groups is 2. The zero-order chi connectivity index (χ0) is 15.8. The van der Waals surface area contributed by atoms with E-state index in [1.54, 1.807) is 0 Å². The van der Waals surface area contributed by atoms with Crippen LogP contribution in [0.25, 0.3) is 0 Å². The SMILES string of the molecule is COC(CNC(=O)Cc1ccc([N+](=O)[O-])cc1)CC(=O)O. The van der Waals surface area contributed by atoms with Gasteiger partial charge in [0, 0.05) is 25.8 Å². The van der Waals surface area contributed by atoms with Gasteiger partial charge in [-0.15, -0.1) is 0 Å². The number of nitrogens with zero attached hydrogens (tertiary/aromatic N) is 1. The molecule has 1 aromatic carbocycles. The van der Waals surface area contributed by atoms with E-state index in [1.165, 1.54) is 31.4 Å². The first-order chi connectivity index (χ1) is 9.92. The predicted molar refractivity (Wildman–Crippen MR) is 72.9 cm³/mol. The summed E-state index contributed by atoms with van der Waals surface area (Å²) in [6, 6.07) is 5.65. The molecule has 1 atom stereocenters. The minimum Gasteiger partial charge on any atom is -0.481 e. The molecule has 0 radical (unpaired) electrons. The molecule has 1 amide bonds. The number of amides is 1. The number of hydrogen-bond donors (Lipinski definition) is 2. The van der Waals surface area contributed by atoms with Gasteiger partial charge in [0.05, 0.1) is 23.9 Å². The highest BCUT2D eigenvalue weighted by Crippen LogP contribution is 2.12. The summed E-state index contributed by atoms with van der Waals surface area (Å²) < 4.78 is 4.93. The highest BCUT2D eigenvalue weighted by Gasteiger charge is 2.14. The fourth-order valence-electron chi connectivity index (χ4n) is 1.64. The number of aliphatic carboxylic acids is 1. The van der Waals surface area contributed by atoms with Crippen LogP contribution in [0.15, 0.2) is 24.3 Å². The van der Waals surface area contributed by atoms with Gasteiger partial charge >= 0.3 is 5.97 Å². The molecule has 2 N–H and O–H groups in total. The lowest BCUT2D eigenvalue weighted by Gasteiger charge is -2.13. The standard InChI is InChI=1S/C13H16N2O6/c1-21-11(7-13(17)18)8-14-12(16)6-9-2-4-10(5-3-9)15(19)20/h2-5,11H,6-8H2,1H3,(H,14,16)(H,17,18). The third-order valence-corrected chi connectivity index (χ3v) is 2.77. The van der Waals surface area contributed by atoms with E-state index in [0.717, 1.165) is 0 Å². The summed E-state index contributed by atoms with van der Waals surface area (Å²) >= 11 is 0. The van der Waals surface area contributed by atoms with Crippen LogP contribution >= 0.6 is 0 Å². The Labute approximate surface area is 120 Å². The molecule has 0 spiro atoms. The zero-order valence-electron chi connectivity index (χ0n) is 11.4. The first kappa shape index (κ1) is 16.6. The van der Waals surface area contributed by atoms with E-state index in [0.29, 0.717) is 5.56 Å². The summed E-state index contributed by atoms with van der Waals surface area (Å²) in [6.07, 6.45) is -0.737. The van der Waals surface area contributed by atoms with Crippen molar-refractivity contribution in [1.82, 2.24) is 5.32 Å². The number of carboxylic acid groups (broad SMARTS) is 1. The molecule has 0 aliphatic heterocycles.